The summed E-state index contributed by atoms with van der Waals surface area (Å²) in [7, 11) is 1.74. The Morgan fingerprint density at radius 1 is 1.10 bits per heavy atom. The van der Waals surface area contributed by atoms with Gasteiger partial charge >= 0.3 is 0 Å². The molecule has 2 aromatic carbocycles. The molecule has 0 atom stereocenters. The van der Waals surface area contributed by atoms with Gasteiger partial charge in [0.2, 0.25) is 5.91 Å². The highest BCUT2D eigenvalue weighted by Crippen LogP contribution is 2.32. The molecule has 5 rings (SSSR count). The van der Waals surface area contributed by atoms with Crippen molar-refractivity contribution < 1.29 is 19.1 Å². The number of benzene rings is 2. The molecule has 9 heteroatoms. The van der Waals surface area contributed by atoms with E-state index < -0.39 is 0 Å². The van der Waals surface area contributed by atoms with Gasteiger partial charge in [0.05, 0.1) is 6.10 Å². The normalized spacial score (nSPS) is 19.5. The number of carbonyl (C=O) groups is 2. The van der Waals surface area contributed by atoms with E-state index in [4.69, 9.17) is 9.47 Å². The van der Waals surface area contributed by atoms with Crippen LogP contribution in [0.3, 0.4) is 0 Å². The van der Waals surface area contributed by atoms with E-state index in [1.54, 1.807) is 24.5 Å². The molecule has 1 aliphatic carbocycles. The van der Waals surface area contributed by atoms with Crippen LogP contribution >= 0.6 is 11.3 Å². The number of likely N-dealkylation sites (tertiary alicyclic amines) is 1. The standard InChI is InChI=1S/C30H36N4O4S/c1-19(2)29-32-33-30(39-29)20-8-12-25(13-9-20)38-26-17-21(6-7-22(26)18-34-16-4-5-27(34)35)28(36)31-23-10-14-24(37-3)15-11-23/h6-9,12-13,17,19,23-24H,4-5,10-11,14-16,18H2,1-3H3,(H,31,36). The molecule has 0 spiro atoms. The molecule has 3 aromatic rings. The second kappa shape index (κ2) is 12.3. The van der Waals surface area contributed by atoms with Crippen molar-refractivity contribution in [2.24, 2.45) is 0 Å². The molecule has 1 N–H and O–H groups in total. The Hall–Kier alpha value is -3.30. The van der Waals surface area contributed by atoms with Crippen LogP contribution in [0.1, 0.15) is 79.2 Å². The lowest BCUT2D eigenvalue weighted by Gasteiger charge is -2.28. The maximum atomic E-state index is 13.2. The summed E-state index contributed by atoms with van der Waals surface area (Å²) in [5.41, 5.74) is 2.39. The fourth-order valence-corrected chi connectivity index (χ4v) is 5.94. The Labute approximate surface area is 233 Å². The number of amides is 2. The summed E-state index contributed by atoms with van der Waals surface area (Å²) in [5, 5.41) is 13.7. The first-order valence-corrected chi connectivity index (χ1v) is 14.6. The number of hydrogen-bond donors (Lipinski definition) is 1. The van der Waals surface area contributed by atoms with Crippen molar-refractivity contribution in [2.75, 3.05) is 13.7 Å². The molecule has 1 aliphatic heterocycles. The molecule has 8 nitrogen and oxygen atoms in total. The van der Waals surface area contributed by atoms with Crippen molar-refractivity contribution in [3.63, 3.8) is 0 Å². The van der Waals surface area contributed by atoms with E-state index in [1.807, 2.05) is 41.3 Å². The van der Waals surface area contributed by atoms with Crippen LogP contribution in [-0.2, 0) is 16.1 Å². The van der Waals surface area contributed by atoms with Crippen molar-refractivity contribution in [1.29, 1.82) is 0 Å². The van der Waals surface area contributed by atoms with Crippen LogP contribution in [0.15, 0.2) is 42.5 Å². The van der Waals surface area contributed by atoms with Crippen molar-refractivity contribution in [3.8, 4) is 22.1 Å². The SMILES string of the molecule is COC1CCC(NC(=O)c2ccc(CN3CCCC3=O)c(Oc3ccc(-c4nnc(C(C)C)s4)cc3)c2)CC1. The molecule has 1 saturated heterocycles. The Balaban J connectivity index is 1.34. The summed E-state index contributed by atoms with van der Waals surface area (Å²) in [5.74, 6) is 1.60. The molecule has 0 radical (unpaired) electrons. The van der Waals surface area contributed by atoms with Crippen LogP contribution in [0.5, 0.6) is 11.5 Å². The van der Waals surface area contributed by atoms with Gasteiger partial charge in [0.1, 0.15) is 21.5 Å². The molecule has 2 heterocycles. The van der Waals surface area contributed by atoms with Gasteiger partial charge in [-0.1, -0.05) is 31.3 Å². The quantitative estimate of drug-likeness (QED) is 0.356. The van der Waals surface area contributed by atoms with Gasteiger partial charge < -0.3 is 19.7 Å². The van der Waals surface area contributed by atoms with E-state index >= 15 is 0 Å². The van der Waals surface area contributed by atoms with Gasteiger partial charge in [-0.15, -0.1) is 10.2 Å². The van der Waals surface area contributed by atoms with Gasteiger partial charge in [-0.05, 0) is 68.5 Å². The fourth-order valence-electron chi connectivity index (χ4n) is 5.09. The number of aromatic nitrogens is 2. The molecule has 0 bridgehead atoms. The first-order chi connectivity index (χ1) is 18.9. The third kappa shape index (κ3) is 6.65. The van der Waals surface area contributed by atoms with Gasteiger partial charge in [0.25, 0.3) is 5.91 Å². The molecular weight excluding hydrogens is 512 g/mol. The lowest BCUT2D eigenvalue weighted by molar-refractivity contribution is -0.128. The predicted octanol–water partition coefficient (Wildman–Crippen LogP) is 5.93. The van der Waals surface area contributed by atoms with E-state index in [0.717, 1.165) is 59.8 Å². The molecule has 39 heavy (non-hydrogen) atoms. The first kappa shape index (κ1) is 27.3. The number of rotatable bonds is 9. The van der Waals surface area contributed by atoms with Crippen molar-refractivity contribution in [1.82, 2.24) is 20.4 Å². The summed E-state index contributed by atoms with van der Waals surface area (Å²) in [4.78, 5) is 27.3. The Morgan fingerprint density at radius 3 is 2.51 bits per heavy atom. The molecule has 2 aliphatic rings. The van der Waals surface area contributed by atoms with Crippen LogP contribution in [0, 0.1) is 0 Å². The number of ether oxygens (including phenoxy) is 2. The predicted molar refractivity (Wildman–Crippen MR) is 151 cm³/mol. The lowest BCUT2D eigenvalue weighted by atomic mass is 9.92. The van der Waals surface area contributed by atoms with Crippen LogP contribution in [-0.4, -0.2) is 52.7 Å². The minimum atomic E-state index is -0.114. The fraction of sp³-hybridized carbons (Fsp3) is 0.467. The van der Waals surface area contributed by atoms with Crippen LogP contribution in [0.2, 0.25) is 0 Å². The summed E-state index contributed by atoms with van der Waals surface area (Å²) in [6.07, 6.45) is 5.43. The molecule has 2 fully saturated rings. The lowest BCUT2D eigenvalue weighted by Crippen LogP contribution is -2.38. The van der Waals surface area contributed by atoms with Crippen molar-refractivity contribution in [2.45, 2.75) is 77.0 Å². The van der Waals surface area contributed by atoms with Gasteiger partial charge in [0.15, 0.2) is 0 Å². The van der Waals surface area contributed by atoms with Gasteiger partial charge in [-0.3, -0.25) is 9.59 Å². The van der Waals surface area contributed by atoms with E-state index in [-0.39, 0.29) is 24.0 Å². The second-order valence-corrected chi connectivity index (χ2v) is 11.7. The number of nitrogens with one attached hydrogen (secondary N) is 1. The third-order valence-electron chi connectivity index (χ3n) is 7.47. The number of nitrogens with zero attached hydrogens (tertiary/aromatic N) is 3. The van der Waals surface area contributed by atoms with Crippen LogP contribution in [0.4, 0.5) is 0 Å². The van der Waals surface area contributed by atoms with Gasteiger partial charge in [-0.2, -0.15) is 0 Å². The summed E-state index contributed by atoms with van der Waals surface area (Å²) in [6, 6.07) is 13.4. The zero-order valence-electron chi connectivity index (χ0n) is 22.8. The Morgan fingerprint density at radius 2 is 1.87 bits per heavy atom. The Bertz CT molecular complexity index is 1300. The van der Waals surface area contributed by atoms with Gasteiger partial charge in [-0.25, -0.2) is 0 Å². The zero-order valence-corrected chi connectivity index (χ0v) is 23.6. The van der Waals surface area contributed by atoms with Crippen molar-refractivity contribution >= 4 is 23.2 Å². The van der Waals surface area contributed by atoms with Crippen LogP contribution in [0.25, 0.3) is 10.6 Å². The average molecular weight is 549 g/mol. The van der Waals surface area contributed by atoms with E-state index in [1.165, 1.54) is 0 Å². The molecule has 206 valence electrons. The van der Waals surface area contributed by atoms with E-state index in [0.29, 0.717) is 35.9 Å². The third-order valence-corrected chi connectivity index (χ3v) is 8.74. The second-order valence-electron chi connectivity index (χ2n) is 10.7. The smallest absolute Gasteiger partial charge is 0.251 e. The maximum Gasteiger partial charge on any atom is 0.251 e. The molecule has 0 unspecified atom stereocenters. The topological polar surface area (TPSA) is 93.7 Å². The molecule has 1 aromatic heterocycles. The molecule has 1 saturated carbocycles. The van der Waals surface area contributed by atoms with E-state index in [9.17, 15) is 9.59 Å². The van der Waals surface area contributed by atoms with Crippen molar-refractivity contribution in [3.05, 3.63) is 58.6 Å². The monoisotopic (exact) mass is 548 g/mol. The number of carbonyl (C=O) groups excluding carboxylic acids is 2. The summed E-state index contributed by atoms with van der Waals surface area (Å²) >= 11 is 1.59. The minimum absolute atomic E-state index is 0.114. The highest BCUT2D eigenvalue weighted by Gasteiger charge is 2.25. The highest BCUT2D eigenvalue weighted by atomic mass is 32.1. The van der Waals surface area contributed by atoms with Gasteiger partial charge in [0, 0.05) is 55.3 Å². The maximum absolute atomic E-state index is 13.2. The first-order valence-electron chi connectivity index (χ1n) is 13.8. The Kier molecular flexibility index (Phi) is 8.57. The average Bonchev–Trinajstić information content (AvgIpc) is 3.60. The highest BCUT2D eigenvalue weighted by molar-refractivity contribution is 7.14. The summed E-state index contributed by atoms with van der Waals surface area (Å²) in [6.45, 7) is 5.40. The zero-order chi connectivity index (χ0) is 27.4. The molecular formula is C30H36N4O4S. The van der Waals surface area contributed by atoms with Crippen LogP contribution < -0.4 is 10.1 Å². The van der Waals surface area contributed by atoms with E-state index in [2.05, 4.69) is 29.4 Å². The largest absolute Gasteiger partial charge is 0.457 e. The molecule has 2 amide bonds. The minimum Gasteiger partial charge on any atom is -0.457 e. The number of hydrogen-bond acceptors (Lipinski definition) is 7. The number of methoxy groups -OCH3 is 1. The summed E-state index contributed by atoms with van der Waals surface area (Å²) < 4.78 is 11.8.